The summed E-state index contributed by atoms with van der Waals surface area (Å²) in [5.74, 6) is 0.867. The number of guanidine groups is 1. The van der Waals surface area contributed by atoms with Gasteiger partial charge in [-0.25, -0.2) is 9.98 Å². The summed E-state index contributed by atoms with van der Waals surface area (Å²) >= 11 is 0. The molecule has 170 valence electrons. The average molecular weight is 541 g/mol. The molecule has 1 aliphatic heterocycles. The molecule has 1 aromatic heterocycles. The molecule has 10 heteroatoms. The fourth-order valence-electron chi connectivity index (χ4n) is 3.07. The van der Waals surface area contributed by atoms with Crippen LogP contribution in [0.4, 0.5) is 13.2 Å². The first-order valence-electron chi connectivity index (χ1n) is 9.85. The van der Waals surface area contributed by atoms with Crippen molar-refractivity contribution in [2.24, 2.45) is 4.99 Å². The Bertz CT molecular complexity index is 674. The molecule has 0 radical (unpaired) electrons. The van der Waals surface area contributed by atoms with Crippen molar-refractivity contribution < 1.29 is 17.9 Å². The molecule has 0 spiro atoms. The Labute approximate surface area is 193 Å². The molecule has 30 heavy (non-hydrogen) atoms. The predicted molar refractivity (Wildman–Crippen MR) is 124 cm³/mol. The zero-order valence-corrected chi connectivity index (χ0v) is 19.8. The summed E-state index contributed by atoms with van der Waals surface area (Å²) < 4.78 is 43.0. The number of nitrogens with one attached hydrogen (secondary N) is 2. The zero-order chi connectivity index (χ0) is 21.3. The smallest absolute Gasteiger partial charge is 0.417 e. The van der Waals surface area contributed by atoms with E-state index in [0.717, 1.165) is 57.2 Å². The second-order valence-corrected chi connectivity index (χ2v) is 7.14. The molecular formula is C20H31F3IN5O. The Morgan fingerprint density at radius 2 is 2.03 bits per heavy atom. The maximum absolute atomic E-state index is 12.5. The van der Waals surface area contributed by atoms with E-state index in [2.05, 4.69) is 32.1 Å². The molecular weight excluding hydrogens is 510 g/mol. The number of likely N-dealkylation sites (tertiary alicyclic amines) is 1. The van der Waals surface area contributed by atoms with Crippen LogP contribution in [0.5, 0.6) is 5.88 Å². The molecule has 2 N–H and O–H groups in total. The number of ether oxygens (including phenoxy) is 1. The molecule has 1 fully saturated rings. The summed E-state index contributed by atoms with van der Waals surface area (Å²) in [7, 11) is 0. The lowest BCUT2D eigenvalue weighted by atomic mass is 10.0. The lowest BCUT2D eigenvalue weighted by molar-refractivity contribution is -0.137. The predicted octanol–water partition coefficient (Wildman–Crippen LogP) is 3.69. The first-order valence-corrected chi connectivity index (χ1v) is 9.85. The largest absolute Gasteiger partial charge is 0.476 e. The van der Waals surface area contributed by atoms with Crippen molar-refractivity contribution >= 4 is 29.9 Å². The van der Waals surface area contributed by atoms with Crippen molar-refractivity contribution in [1.29, 1.82) is 0 Å². The topological polar surface area (TPSA) is 61.8 Å². The van der Waals surface area contributed by atoms with E-state index in [1.165, 1.54) is 11.6 Å². The van der Waals surface area contributed by atoms with Crippen LogP contribution in [-0.4, -0.2) is 61.2 Å². The van der Waals surface area contributed by atoms with Crippen molar-refractivity contribution in [3.05, 3.63) is 36.0 Å². The molecule has 0 saturated carbocycles. The van der Waals surface area contributed by atoms with Gasteiger partial charge in [-0.05, 0) is 32.8 Å². The molecule has 2 rings (SSSR count). The second kappa shape index (κ2) is 13.0. The van der Waals surface area contributed by atoms with Crippen LogP contribution in [0.2, 0.25) is 0 Å². The Balaban J connectivity index is 0.00000450. The van der Waals surface area contributed by atoms with Gasteiger partial charge in [0, 0.05) is 44.5 Å². The van der Waals surface area contributed by atoms with E-state index in [-0.39, 0.29) is 36.5 Å². The highest BCUT2D eigenvalue weighted by atomic mass is 127. The number of rotatable bonds is 8. The van der Waals surface area contributed by atoms with Gasteiger partial charge in [-0.3, -0.25) is 4.90 Å². The van der Waals surface area contributed by atoms with E-state index < -0.39 is 11.7 Å². The van der Waals surface area contributed by atoms with E-state index >= 15 is 0 Å². The number of piperidine rings is 1. The molecule has 0 unspecified atom stereocenters. The number of nitrogens with zero attached hydrogens (tertiary/aromatic N) is 3. The monoisotopic (exact) mass is 541 g/mol. The van der Waals surface area contributed by atoms with E-state index in [0.29, 0.717) is 12.6 Å². The van der Waals surface area contributed by atoms with Gasteiger partial charge in [0.05, 0.1) is 12.1 Å². The number of hydrogen-bond donors (Lipinski definition) is 2. The molecule has 0 bridgehead atoms. The Kier molecular flexibility index (Phi) is 11.5. The third-order valence-corrected chi connectivity index (χ3v) is 4.44. The minimum atomic E-state index is -4.40. The van der Waals surface area contributed by atoms with Crippen LogP contribution in [0, 0.1) is 0 Å². The maximum atomic E-state index is 12.5. The molecule has 0 aliphatic carbocycles. The van der Waals surface area contributed by atoms with Crippen LogP contribution in [0.1, 0.15) is 32.3 Å². The number of aromatic nitrogens is 1. The number of pyridine rings is 1. The summed E-state index contributed by atoms with van der Waals surface area (Å²) in [6.45, 7) is 12.3. The minimum absolute atomic E-state index is 0. The Morgan fingerprint density at radius 1 is 1.33 bits per heavy atom. The van der Waals surface area contributed by atoms with Crippen LogP contribution >= 0.6 is 24.0 Å². The Morgan fingerprint density at radius 3 is 2.57 bits per heavy atom. The fraction of sp³-hybridized carbons (Fsp3) is 0.600. The van der Waals surface area contributed by atoms with E-state index in [1.807, 2.05) is 13.8 Å². The van der Waals surface area contributed by atoms with Crippen LogP contribution in [0.3, 0.4) is 0 Å². The van der Waals surface area contributed by atoms with Gasteiger partial charge in [0.15, 0.2) is 5.96 Å². The third kappa shape index (κ3) is 9.50. The van der Waals surface area contributed by atoms with Crippen LogP contribution < -0.4 is 15.4 Å². The fourth-order valence-corrected chi connectivity index (χ4v) is 3.07. The van der Waals surface area contributed by atoms with E-state index in [9.17, 15) is 13.2 Å². The highest BCUT2D eigenvalue weighted by Gasteiger charge is 2.30. The van der Waals surface area contributed by atoms with Gasteiger partial charge >= 0.3 is 6.18 Å². The van der Waals surface area contributed by atoms with Gasteiger partial charge < -0.3 is 15.4 Å². The van der Waals surface area contributed by atoms with Crippen LogP contribution in [0.15, 0.2) is 35.5 Å². The van der Waals surface area contributed by atoms with E-state index in [1.54, 1.807) is 0 Å². The highest BCUT2D eigenvalue weighted by molar-refractivity contribution is 14.0. The minimum Gasteiger partial charge on any atom is -0.476 e. The van der Waals surface area contributed by atoms with Crippen LogP contribution in [-0.2, 0) is 6.18 Å². The van der Waals surface area contributed by atoms with E-state index in [4.69, 9.17) is 4.74 Å². The Hall–Kier alpha value is -1.56. The van der Waals surface area contributed by atoms with Crippen molar-refractivity contribution in [1.82, 2.24) is 20.5 Å². The van der Waals surface area contributed by atoms with Crippen molar-refractivity contribution in [3.63, 3.8) is 0 Å². The SMILES string of the molecule is C=C(C)CN1CCC(NC(=NCCOc2ccc(C(F)(F)F)cn2)NCC)CC1.I. The summed E-state index contributed by atoms with van der Waals surface area (Å²) in [5, 5.41) is 6.66. The number of hydrogen-bond acceptors (Lipinski definition) is 4. The van der Waals surface area contributed by atoms with Gasteiger partial charge in [0.2, 0.25) is 5.88 Å². The lowest BCUT2D eigenvalue weighted by Crippen LogP contribution is -2.49. The van der Waals surface area contributed by atoms with Gasteiger partial charge in [-0.1, -0.05) is 12.2 Å². The van der Waals surface area contributed by atoms with Crippen molar-refractivity contribution in [3.8, 4) is 5.88 Å². The number of halogens is 4. The summed E-state index contributed by atoms with van der Waals surface area (Å²) in [6, 6.07) is 2.53. The van der Waals surface area contributed by atoms with Crippen molar-refractivity contribution in [2.75, 3.05) is 39.3 Å². The van der Waals surface area contributed by atoms with Gasteiger partial charge in [0.25, 0.3) is 0 Å². The van der Waals surface area contributed by atoms with Gasteiger partial charge in [0.1, 0.15) is 6.61 Å². The summed E-state index contributed by atoms with van der Waals surface area (Å²) in [4.78, 5) is 10.6. The van der Waals surface area contributed by atoms with Gasteiger partial charge in [-0.2, -0.15) is 13.2 Å². The van der Waals surface area contributed by atoms with Crippen molar-refractivity contribution in [2.45, 2.75) is 38.9 Å². The molecule has 0 aromatic carbocycles. The maximum Gasteiger partial charge on any atom is 0.417 e. The molecule has 0 amide bonds. The average Bonchev–Trinajstić information content (AvgIpc) is 2.66. The zero-order valence-electron chi connectivity index (χ0n) is 17.5. The molecule has 6 nitrogen and oxygen atoms in total. The number of aliphatic imine (C=N–C) groups is 1. The lowest BCUT2D eigenvalue weighted by Gasteiger charge is -2.33. The number of alkyl halides is 3. The standard InChI is InChI=1S/C20H30F3N5O.HI/c1-4-24-19(27-17-7-10-28(11-8-17)14-15(2)3)25-9-12-29-18-6-5-16(13-26-18)20(21,22)23;/h5-6,13,17H,2,4,7-12,14H2,1,3H3,(H2,24,25,27);1H. The first-order chi connectivity index (χ1) is 13.8. The third-order valence-electron chi connectivity index (χ3n) is 4.44. The second-order valence-electron chi connectivity index (χ2n) is 7.14. The molecule has 2 heterocycles. The quantitative estimate of drug-likeness (QED) is 0.173. The normalized spacial score (nSPS) is 16.0. The molecule has 1 aromatic rings. The molecule has 1 saturated heterocycles. The molecule has 0 atom stereocenters. The first kappa shape index (κ1) is 26.5. The van der Waals surface area contributed by atoms with Crippen LogP contribution in [0.25, 0.3) is 0 Å². The summed E-state index contributed by atoms with van der Waals surface area (Å²) in [5.41, 5.74) is 0.379. The van der Waals surface area contributed by atoms with Gasteiger partial charge in [-0.15, -0.1) is 24.0 Å². The molecule has 1 aliphatic rings. The highest BCUT2D eigenvalue weighted by Crippen LogP contribution is 2.29. The summed E-state index contributed by atoms with van der Waals surface area (Å²) in [6.07, 6.45) is -1.57.